The second-order valence-corrected chi connectivity index (χ2v) is 6.16. The van der Waals surface area contributed by atoms with Crippen molar-refractivity contribution in [2.24, 2.45) is 0 Å². The van der Waals surface area contributed by atoms with Crippen LogP contribution in [0.2, 0.25) is 5.02 Å². The molecule has 0 aromatic heterocycles. The van der Waals surface area contributed by atoms with Crippen LogP contribution in [0.25, 0.3) is 0 Å². The molecule has 1 aliphatic heterocycles. The highest BCUT2D eigenvalue weighted by molar-refractivity contribution is 6.33. The average molecular weight is 352 g/mol. The topological polar surface area (TPSA) is 48.3 Å². The van der Waals surface area contributed by atoms with E-state index in [4.69, 9.17) is 16.3 Å². The number of rotatable bonds is 4. The minimum absolute atomic E-state index is 0.260. The number of para-hydroxylation sites is 1. The molecule has 4 nitrogen and oxygen atoms in total. The number of ether oxygens (including phenoxy) is 1. The number of nitrogens with one attached hydrogen (secondary N) is 1. The van der Waals surface area contributed by atoms with E-state index >= 15 is 0 Å². The minimum atomic E-state index is 0.260. The molecule has 0 fully saturated rings. The third-order valence-corrected chi connectivity index (χ3v) is 4.41. The number of nitrogens with zero attached hydrogens (tertiary/aromatic N) is 2. The highest BCUT2D eigenvalue weighted by atomic mass is 35.5. The quantitative estimate of drug-likeness (QED) is 0.831. The summed E-state index contributed by atoms with van der Waals surface area (Å²) in [6.07, 6.45) is 3.53. The number of halogens is 1. The van der Waals surface area contributed by atoms with Crippen LogP contribution in [0.1, 0.15) is 11.1 Å². The van der Waals surface area contributed by atoms with Crippen LogP contribution in [0.4, 0.5) is 11.4 Å². The van der Waals surface area contributed by atoms with Gasteiger partial charge in [0.2, 0.25) is 0 Å². The first-order valence-corrected chi connectivity index (χ1v) is 8.27. The zero-order chi connectivity index (χ0) is 17.8. The van der Waals surface area contributed by atoms with Crippen molar-refractivity contribution < 1.29 is 4.74 Å². The fourth-order valence-electron chi connectivity index (χ4n) is 2.55. The Hall–Kier alpha value is -2.90. The van der Waals surface area contributed by atoms with Gasteiger partial charge in [0, 0.05) is 11.9 Å². The molecule has 0 saturated heterocycles. The van der Waals surface area contributed by atoms with Crippen LogP contribution in [0, 0.1) is 25.2 Å². The number of allylic oxidation sites excluding steroid dienone is 2. The molecule has 3 rings (SSSR count). The average Bonchev–Trinajstić information content (AvgIpc) is 3.01. The Bertz CT molecular complexity index is 896. The van der Waals surface area contributed by atoms with Gasteiger partial charge < -0.3 is 10.1 Å². The van der Waals surface area contributed by atoms with E-state index in [0.29, 0.717) is 16.5 Å². The standard InChI is InChI=1S/C20H18ClN3O/c1-14-7-8-16(11-15(14)2)23-10-9-20-19(12-22)24(13-25-20)18-6-4-3-5-17(18)21/h3-11,23H,13H2,1-2H3. The van der Waals surface area contributed by atoms with Gasteiger partial charge in [-0.1, -0.05) is 29.8 Å². The third-order valence-electron chi connectivity index (χ3n) is 4.09. The summed E-state index contributed by atoms with van der Waals surface area (Å²) in [6, 6.07) is 15.7. The Labute approximate surface area is 152 Å². The summed E-state index contributed by atoms with van der Waals surface area (Å²) in [7, 11) is 0. The molecule has 0 amide bonds. The summed E-state index contributed by atoms with van der Waals surface area (Å²) in [5, 5.41) is 13.3. The van der Waals surface area contributed by atoms with E-state index in [-0.39, 0.29) is 6.73 Å². The third kappa shape index (κ3) is 3.62. The summed E-state index contributed by atoms with van der Waals surface area (Å²) < 4.78 is 5.66. The summed E-state index contributed by atoms with van der Waals surface area (Å²) in [6.45, 7) is 4.41. The summed E-state index contributed by atoms with van der Waals surface area (Å²) in [5.41, 5.74) is 4.65. The van der Waals surface area contributed by atoms with Crippen LogP contribution in [0.5, 0.6) is 0 Å². The summed E-state index contributed by atoms with van der Waals surface area (Å²) in [4.78, 5) is 1.76. The molecule has 0 saturated carbocycles. The van der Waals surface area contributed by atoms with Gasteiger partial charge in [0.05, 0.1) is 10.7 Å². The fraction of sp³-hybridized carbons (Fsp3) is 0.150. The first-order valence-electron chi connectivity index (χ1n) is 7.89. The van der Waals surface area contributed by atoms with Gasteiger partial charge in [0.1, 0.15) is 6.07 Å². The molecule has 0 bridgehead atoms. The van der Waals surface area contributed by atoms with Crippen LogP contribution in [0.3, 0.4) is 0 Å². The normalized spacial score (nSPS) is 13.9. The summed E-state index contributed by atoms with van der Waals surface area (Å²) in [5.74, 6) is 0.513. The second-order valence-electron chi connectivity index (χ2n) is 5.75. The first-order chi connectivity index (χ1) is 12.1. The lowest BCUT2D eigenvalue weighted by molar-refractivity contribution is 0.257. The van der Waals surface area contributed by atoms with Gasteiger partial charge in [-0.2, -0.15) is 5.26 Å². The lowest BCUT2D eigenvalue weighted by Gasteiger charge is -2.16. The van der Waals surface area contributed by atoms with Crippen LogP contribution in [-0.4, -0.2) is 6.73 Å². The zero-order valence-electron chi connectivity index (χ0n) is 14.1. The van der Waals surface area contributed by atoms with Crippen LogP contribution < -0.4 is 10.2 Å². The largest absolute Gasteiger partial charge is 0.470 e. The molecule has 1 aliphatic rings. The Morgan fingerprint density at radius 3 is 2.72 bits per heavy atom. The van der Waals surface area contributed by atoms with Gasteiger partial charge in [-0.15, -0.1) is 0 Å². The lowest BCUT2D eigenvalue weighted by atomic mass is 10.1. The van der Waals surface area contributed by atoms with Gasteiger partial charge in [-0.3, -0.25) is 4.90 Å². The maximum Gasteiger partial charge on any atom is 0.166 e. The number of benzene rings is 2. The fourth-order valence-corrected chi connectivity index (χ4v) is 2.79. The van der Waals surface area contributed by atoms with Crippen molar-refractivity contribution in [2.75, 3.05) is 16.9 Å². The molecule has 0 spiro atoms. The molecule has 5 heteroatoms. The van der Waals surface area contributed by atoms with Crippen molar-refractivity contribution >= 4 is 23.0 Å². The second kappa shape index (κ2) is 7.33. The Morgan fingerprint density at radius 2 is 2.00 bits per heavy atom. The van der Waals surface area contributed by atoms with Crippen molar-refractivity contribution in [3.05, 3.63) is 82.3 Å². The predicted octanol–water partition coefficient (Wildman–Crippen LogP) is 5.11. The number of anilines is 2. The van der Waals surface area contributed by atoms with Crippen molar-refractivity contribution in [2.45, 2.75) is 13.8 Å². The molecule has 1 N–H and O–H groups in total. The smallest absolute Gasteiger partial charge is 0.166 e. The molecule has 25 heavy (non-hydrogen) atoms. The predicted molar refractivity (Wildman–Crippen MR) is 101 cm³/mol. The van der Waals surface area contributed by atoms with E-state index in [1.807, 2.05) is 24.3 Å². The number of hydrogen-bond acceptors (Lipinski definition) is 4. The Morgan fingerprint density at radius 1 is 1.20 bits per heavy atom. The van der Waals surface area contributed by atoms with Gasteiger partial charge >= 0.3 is 0 Å². The summed E-state index contributed by atoms with van der Waals surface area (Å²) >= 11 is 6.23. The van der Waals surface area contributed by atoms with E-state index in [1.54, 1.807) is 23.2 Å². The Kier molecular flexibility index (Phi) is 4.97. The monoisotopic (exact) mass is 351 g/mol. The molecule has 126 valence electrons. The van der Waals surface area contributed by atoms with Crippen molar-refractivity contribution in [1.29, 1.82) is 5.26 Å². The van der Waals surface area contributed by atoms with E-state index in [1.165, 1.54) is 11.1 Å². The van der Waals surface area contributed by atoms with E-state index in [0.717, 1.165) is 11.4 Å². The van der Waals surface area contributed by atoms with E-state index in [9.17, 15) is 5.26 Å². The van der Waals surface area contributed by atoms with Crippen molar-refractivity contribution in [1.82, 2.24) is 0 Å². The highest BCUT2D eigenvalue weighted by Gasteiger charge is 2.25. The van der Waals surface area contributed by atoms with Crippen LogP contribution in [-0.2, 0) is 4.74 Å². The molecule has 0 unspecified atom stereocenters. The molecule has 0 aliphatic carbocycles. The number of nitriles is 1. The van der Waals surface area contributed by atoms with Gasteiger partial charge in [0.15, 0.2) is 18.2 Å². The molecule has 0 radical (unpaired) electrons. The highest BCUT2D eigenvalue weighted by Crippen LogP contribution is 2.32. The van der Waals surface area contributed by atoms with Crippen LogP contribution in [0.15, 0.2) is 66.2 Å². The molecule has 2 aromatic carbocycles. The maximum absolute atomic E-state index is 9.52. The molecular weight excluding hydrogens is 334 g/mol. The number of hydrogen-bond donors (Lipinski definition) is 1. The van der Waals surface area contributed by atoms with Crippen molar-refractivity contribution in [3.63, 3.8) is 0 Å². The first kappa shape index (κ1) is 16.9. The van der Waals surface area contributed by atoms with Gasteiger partial charge in [-0.05, 0) is 55.3 Å². The number of aryl methyl sites for hydroxylation is 2. The SMILES string of the molecule is Cc1ccc(NC=CC2=C(C#N)N(c3ccccc3Cl)CO2)cc1C. The van der Waals surface area contributed by atoms with Crippen molar-refractivity contribution in [3.8, 4) is 6.07 Å². The van der Waals surface area contributed by atoms with Gasteiger partial charge in [0.25, 0.3) is 0 Å². The molecule has 2 aromatic rings. The van der Waals surface area contributed by atoms with E-state index in [2.05, 4.69) is 37.4 Å². The van der Waals surface area contributed by atoms with E-state index < -0.39 is 0 Å². The molecule has 0 atom stereocenters. The molecule has 1 heterocycles. The van der Waals surface area contributed by atoms with Gasteiger partial charge in [-0.25, -0.2) is 0 Å². The minimum Gasteiger partial charge on any atom is -0.470 e. The molecular formula is C20H18ClN3O. The maximum atomic E-state index is 9.52. The van der Waals surface area contributed by atoms with Crippen LogP contribution >= 0.6 is 11.6 Å². The zero-order valence-corrected chi connectivity index (χ0v) is 14.8. The lowest BCUT2D eigenvalue weighted by Crippen LogP contribution is -2.18. The Balaban J connectivity index is 1.79.